The van der Waals surface area contributed by atoms with E-state index < -0.39 is 0 Å². The smallest absolute Gasteiger partial charge is 0.275 e. The molecule has 1 aliphatic rings. The van der Waals surface area contributed by atoms with Crippen LogP contribution in [0.1, 0.15) is 53.0 Å². The minimum atomic E-state index is -0.378. The first-order valence-corrected chi connectivity index (χ1v) is 8.55. The van der Waals surface area contributed by atoms with Crippen molar-refractivity contribution < 1.29 is 14.1 Å². The number of nitrogens with zero attached hydrogens (tertiary/aromatic N) is 3. The number of anilines is 1. The van der Waals surface area contributed by atoms with Crippen molar-refractivity contribution in [1.29, 1.82) is 0 Å². The van der Waals surface area contributed by atoms with Gasteiger partial charge in [0.15, 0.2) is 5.82 Å². The molecule has 0 saturated heterocycles. The molecule has 1 aliphatic heterocycles. The second-order valence-electron chi connectivity index (χ2n) is 6.52. The summed E-state index contributed by atoms with van der Waals surface area (Å²) in [6.45, 7) is 5.79. The summed E-state index contributed by atoms with van der Waals surface area (Å²) in [7, 11) is 0. The van der Waals surface area contributed by atoms with E-state index in [1.54, 1.807) is 25.1 Å². The molecule has 4 heterocycles. The number of fused-ring (bicyclic) bond motifs is 3. The average Bonchev–Trinajstić information content (AvgIpc) is 3.19. The topological polar surface area (TPSA) is 102 Å². The zero-order valence-electron chi connectivity index (χ0n) is 14.7. The van der Waals surface area contributed by atoms with Gasteiger partial charge in [-0.15, -0.1) is 0 Å². The number of nitrogens with one attached hydrogen (secondary N) is 2. The lowest BCUT2D eigenvalue weighted by Gasteiger charge is -2.32. The fraction of sp³-hybridized carbons (Fsp3) is 0.333. The Morgan fingerprint density at radius 2 is 2.19 bits per heavy atom. The molecule has 0 saturated carbocycles. The molecule has 2 amide bonds. The van der Waals surface area contributed by atoms with Gasteiger partial charge in [-0.3, -0.25) is 9.59 Å². The monoisotopic (exact) mass is 353 g/mol. The van der Waals surface area contributed by atoms with Gasteiger partial charge in [0.25, 0.3) is 11.8 Å². The van der Waals surface area contributed by atoms with Crippen LogP contribution in [0.2, 0.25) is 0 Å². The molecule has 0 fully saturated rings. The summed E-state index contributed by atoms with van der Waals surface area (Å²) in [5, 5.41) is 10.2. The Labute approximate surface area is 149 Å². The summed E-state index contributed by atoms with van der Waals surface area (Å²) >= 11 is 0. The number of carbonyl (C=O) groups excluding carboxylic acids is 2. The standard InChI is InChI=1S/C18H19N5O3/c1-4-13-10(3)19-18(25)14-8-11-5-6-12(20-16(11)23(13)14)17(24)21-15-7-9(2)26-22-15/h5-8,10,13H,4H2,1-3H3,(H,19,25)(H,21,22,24). The molecular formula is C18H19N5O3. The van der Waals surface area contributed by atoms with Crippen molar-refractivity contribution in [3.8, 4) is 0 Å². The molecule has 2 atom stereocenters. The Morgan fingerprint density at radius 1 is 1.38 bits per heavy atom. The molecule has 0 aromatic carbocycles. The fourth-order valence-electron chi connectivity index (χ4n) is 3.48. The van der Waals surface area contributed by atoms with E-state index in [1.165, 1.54) is 0 Å². The Balaban J connectivity index is 1.76. The predicted molar refractivity (Wildman–Crippen MR) is 95.2 cm³/mol. The second-order valence-corrected chi connectivity index (χ2v) is 6.52. The Morgan fingerprint density at radius 3 is 2.88 bits per heavy atom. The van der Waals surface area contributed by atoms with Crippen molar-refractivity contribution >= 4 is 28.7 Å². The maximum Gasteiger partial charge on any atom is 0.275 e. The van der Waals surface area contributed by atoms with Crippen molar-refractivity contribution in [3.63, 3.8) is 0 Å². The molecule has 3 aromatic heterocycles. The molecule has 8 heteroatoms. The van der Waals surface area contributed by atoms with Crippen molar-refractivity contribution in [2.24, 2.45) is 0 Å². The first-order chi connectivity index (χ1) is 12.5. The minimum absolute atomic E-state index is 0.00649. The molecule has 0 aliphatic carbocycles. The number of hydrogen-bond acceptors (Lipinski definition) is 5. The quantitative estimate of drug-likeness (QED) is 0.754. The lowest BCUT2D eigenvalue weighted by molar-refractivity contribution is 0.0885. The summed E-state index contributed by atoms with van der Waals surface area (Å²) in [6.07, 6.45) is 0.842. The molecule has 26 heavy (non-hydrogen) atoms. The summed E-state index contributed by atoms with van der Waals surface area (Å²) < 4.78 is 6.89. The van der Waals surface area contributed by atoms with E-state index in [0.717, 1.165) is 11.8 Å². The molecule has 0 spiro atoms. The fourth-order valence-corrected chi connectivity index (χ4v) is 3.48. The molecule has 2 unspecified atom stereocenters. The average molecular weight is 353 g/mol. The highest BCUT2D eigenvalue weighted by molar-refractivity contribution is 6.04. The van der Waals surface area contributed by atoms with Crippen LogP contribution in [0.15, 0.2) is 28.8 Å². The lowest BCUT2D eigenvalue weighted by Crippen LogP contribution is -2.45. The predicted octanol–water partition coefficient (Wildman–Crippen LogP) is 2.67. The summed E-state index contributed by atoms with van der Waals surface area (Å²) in [5.74, 6) is 0.447. The molecule has 2 N–H and O–H groups in total. The number of aryl methyl sites for hydroxylation is 1. The van der Waals surface area contributed by atoms with Crippen molar-refractivity contribution in [2.45, 2.75) is 39.3 Å². The van der Waals surface area contributed by atoms with Crippen LogP contribution in [-0.2, 0) is 0 Å². The Kier molecular flexibility index (Phi) is 3.75. The normalized spacial score (nSPS) is 19.3. The molecule has 134 valence electrons. The van der Waals surface area contributed by atoms with Crippen LogP contribution in [0.25, 0.3) is 11.0 Å². The van der Waals surface area contributed by atoms with Gasteiger partial charge in [-0.2, -0.15) is 0 Å². The zero-order chi connectivity index (χ0) is 18.4. The highest BCUT2D eigenvalue weighted by Crippen LogP contribution is 2.30. The largest absolute Gasteiger partial charge is 0.360 e. The van der Waals surface area contributed by atoms with Crippen LogP contribution in [-0.4, -0.2) is 32.6 Å². The minimum Gasteiger partial charge on any atom is -0.360 e. The molecule has 8 nitrogen and oxygen atoms in total. The van der Waals surface area contributed by atoms with Crippen molar-refractivity contribution in [1.82, 2.24) is 20.0 Å². The molecule has 3 aromatic rings. The highest BCUT2D eigenvalue weighted by atomic mass is 16.5. The molecule has 0 radical (unpaired) electrons. The van der Waals surface area contributed by atoms with E-state index >= 15 is 0 Å². The maximum atomic E-state index is 12.5. The van der Waals surface area contributed by atoms with E-state index in [2.05, 4.69) is 27.7 Å². The first-order valence-electron chi connectivity index (χ1n) is 8.55. The zero-order valence-corrected chi connectivity index (χ0v) is 14.7. The summed E-state index contributed by atoms with van der Waals surface area (Å²) in [4.78, 5) is 29.4. The molecular weight excluding hydrogens is 334 g/mol. The van der Waals surface area contributed by atoms with E-state index in [9.17, 15) is 9.59 Å². The van der Waals surface area contributed by atoms with Crippen molar-refractivity contribution in [3.05, 3.63) is 41.4 Å². The highest BCUT2D eigenvalue weighted by Gasteiger charge is 2.32. The van der Waals surface area contributed by atoms with Crippen LogP contribution in [0, 0.1) is 6.92 Å². The van der Waals surface area contributed by atoms with Gasteiger partial charge in [0.2, 0.25) is 0 Å². The van der Waals surface area contributed by atoms with E-state index in [4.69, 9.17) is 4.52 Å². The SMILES string of the molecule is CCC1C(C)NC(=O)c2cc3ccc(C(=O)Nc4cc(C)on4)nc3n21. The van der Waals surface area contributed by atoms with Gasteiger partial charge in [-0.1, -0.05) is 12.1 Å². The van der Waals surface area contributed by atoms with Gasteiger partial charge in [0.05, 0.1) is 6.04 Å². The van der Waals surface area contributed by atoms with Crippen LogP contribution >= 0.6 is 0 Å². The van der Waals surface area contributed by atoms with Gasteiger partial charge >= 0.3 is 0 Å². The van der Waals surface area contributed by atoms with E-state index in [-0.39, 0.29) is 29.6 Å². The van der Waals surface area contributed by atoms with Crippen LogP contribution in [0.5, 0.6) is 0 Å². The van der Waals surface area contributed by atoms with Gasteiger partial charge in [-0.25, -0.2) is 4.98 Å². The Hall–Kier alpha value is -3.16. The molecule has 0 bridgehead atoms. The number of carbonyl (C=O) groups is 2. The van der Waals surface area contributed by atoms with Gasteiger partial charge in [0, 0.05) is 17.5 Å². The molecule has 4 rings (SSSR count). The van der Waals surface area contributed by atoms with E-state index in [1.807, 2.05) is 17.6 Å². The maximum absolute atomic E-state index is 12.5. The van der Waals surface area contributed by atoms with Crippen LogP contribution in [0.4, 0.5) is 5.82 Å². The summed E-state index contributed by atoms with van der Waals surface area (Å²) in [5.41, 5.74) is 1.47. The van der Waals surface area contributed by atoms with Gasteiger partial charge in [-0.05, 0) is 38.5 Å². The van der Waals surface area contributed by atoms with Gasteiger partial charge in [0.1, 0.15) is 22.8 Å². The third-order valence-corrected chi connectivity index (χ3v) is 4.71. The first kappa shape index (κ1) is 16.3. The number of rotatable bonds is 3. The Bertz CT molecular complexity index is 1020. The third kappa shape index (κ3) is 2.54. The number of aromatic nitrogens is 3. The van der Waals surface area contributed by atoms with Crippen LogP contribution < -0.4 is 10.6 Å². The van der Waals surface area contributed by atoms with Crippen LogP contribution in [0.3, 0.4) is 0 Å². The number of pyridine rings is 1. The third-order valence-electron chi connectivity index (χ3n) is 4.71. The second kappa shape index (κ2) is 5.98. The number of hydrogen-bond donors (Lipinski definition) is 2. The van der Waals surface area contributed by atoms with Crippen molar-refractivity contribution in [2.75, 3.05) is 5.32 Å². The lowest BCUT2D eigenvalue weighted by atomic mass is 10.0. The van der Waals surface area contributed by atoms with E-state index in [0.29, 0.717) is 22.9 Å². The summed E-state index contributed by atoms with van der Waals surface area (Å²) in [6, 6.07) is 6.97. The van der Waals surface area contributed by atoms with Gasteiger partial charge < -0.3 is 19.7 Å². The number of amides is 2.